The first-order valence-corrected chi connectivity index (χ1v) is 6.57. The predicted octanol–water partition coefficient (Wildman–Crippen LogP) is 2.88. The normalized spacial score (nSPS) is 10.6. The Bertz CT molecular complexity index is 339. The molecule has 0 atom stereocenters. The van der Waals surface area contributed by atoms with Gasteiger partial charge in [0.15, 0.2) is 5.92 Å². The Morgan fingerprint density at radius 3 is 1.95 bits per heavy atom. The molecule has 0 spiro atoms. The van der Waals surface area contributed by atoms with Gasteiger partial charge in [-0.05, 0) is 37.8 Å². The monoisotopic (exact) mass is 268 g/mol. The van der Waals surface area contributed by atoms with E-state index in [-0.39, 0.29) is 25.0 Å². The second kappa shape index (κ2) is 8.54. The van der Waals surface area contributed by atoms with Crippen LogP contribution in [0, 0.1) is 11.3 Å². The number of hydrogen-bond acceptors (Lipinski definition) is 4. The van der Waals surface area contributed by atoms with Crippen LogP contribution >= 0.6 is 0 Å². The van der Waals surface area contributed by atoms with E-state index < -0.39 is 17.9 Å². The van der Waals surface area contributed by atoms with E-state index in [2.05, 4.69) is 5.73 Å². The highest BCUT2D eigenvalue weighted by atomic mass is 16.6. The standard InChI is InChI=1S/C15H24O4/c1-6-18-13(16)12(14(17)19-7-2)10-8-9-11-15(3,4)5/h8,11-12H,6-7,10H2,1-5H3. The maximum absolute atomic E-state index is 11.7. The molecule has 108 valence electrons. The summed E-state index contributed by atoms with van der Waals surface area (Å²) in [5.74, 6) is -2.00. The molecule has 0 aromatic carbocycles. The van der Waals surface area contributed by atoms with Crippen LogP contribution in [0.15, 0.2) is 17.9 Å². The van der Waals surface area contributed by atoms with E-state index in [1.165, 1.54) is 0 Å². The Morgan fingerprint density at radius 2 is 1.58 bits per heavy atom. The van der Waals surface area contributed by atoms with E-state index in [0.29, 0.717) is 0 Å². The van der Waals surface area contributed by atoms with E-state index in [4.69, 9.17) is 9.47 Å². The fraction of sp³-hybridized carbons (Fsp3) is 0.667. The van der Waals surface area contributed by atoms with Crippen molar-refractivity contribution in [2.45, 2.75) is 41.0 Å². The Kier molecular flexibility index (Phi) is 7.85. The lowest BCUT2D eigenvalue weighted by Crippen LogP contribution is -2.27. The number of carbonyl (C=O) groups is 2. The zero-order valence-electron chi connectivity index (χ0n) is 12.5. The Labute approximate surface area is 115 Å². The largest absolute Gasteiger partial charge is 0.465 e. The fourth-order valence-corrected chi connectivity index (χ4v) is 1.27. The Morgan fingerprint density at radius 1 is 1.11 bits per heavy atom. The van der Waals surface area contributed by atoms with Crippen molar-refractivity contribution >= 4 is 11.9 Å². The first-order valence-electron chi connectivity index (χ1n) is 6.57. The predicted molar refractivity (Wildman–Crippen MR) is 73.5 cm³/mol. The highest BCUT2D eigenvalue weighted by Crippen LogP contribution is 2.14. The molecule has 0 radical (unpaired) electrons. The van der Waals surface area contributed by atoms with Gasteiger partial charge in [-0.15, -0.1) is 5.73 Å². The zero-order chi connectivity index (χ0) is 14.9. The third-order valence-corrected chi connectivity index (χ3v) is 2.13. The molecule has 4 heteroatoms. The van der Waals surface area contributed by atoms with Gasteiger partial charge in [0.25, 0.3) is 0 Å². The summed E-state index contributed by atoms with van der Waals surface area (Å²) in [4.78, 5) is 23.3. The molecule has 0 saturated heterocycles. The van der Waals surface area contributed by atoms with Crippen LogP contribution in [0.4, 0.5) is 0 Å². The van der Waals surface area contributed by atoms with Gasteiger partial charge in [0, 0.05) is 0 Å². The average Bonchev–Trinajstić information content (AvgIpc) is 2.27. The van der Waals surface area contributed by atoms with Crippen molar-refractivity contribution in [3.8, 4) is 0 Å². The maximum atomic E-state index is 11.7. The first-order chi connectivity index (χ1) is 8.81. The molecule has 0 aromatic rings. The second-order valence-electron chi connectivity index (χ2n) is 5.17. The van der Waals surface area contributed by atoms with Gasteiger partial charge in [-0.2, -0.15) is 0 Å². The van der Waals surface area contributed by atoms with Crippen LogP contribution in [0.3, 0.4) is 0 Å². The molecule has 0 heterocycles. The number of ether oxygens (including phenoxy) is 2. The number of carbonyl (C=O) groups excluding carboxylic acids is 2. The minimum Gasteiger partial charge on any atom is -0.465 e. The van der Waals surface area contributed by atoms with E-state index in [9.17, 15) is 9.59 Å². The van der Waals surface area contributed by atoms with Crippen molar-refractivity contribution in [3.05, 3.63) is 17.9 Å². The number of rotatable bonds is 6. The van der Waals surface area contributed by atoms with Gasteiger partial charge in [-0.1, -0.05) is 20.8 Å². The molecule has 0 aromatic heterocycles. The highest BCUT2D eigenvalue weighted by molar-refractivity contribution is 5.95. The van der Waals surface area contributed by atoms with E-state index in [1.54, 1.807) is 19.9 Å². The summed E-state index contributed by atoms with van der Waals surface area (Å²) in [5, 5.41) is 0. The second-order valence-corrected chi connectivity index (χ2v) is 5.17. The smallest absolute Gasteiger partial charge is 0.320 e. The van der Waals surface area contributed by atoms with Crippen molar-refractivity contribution in [3.63, 3.8) is 0 Å². The van der Waals surface area contributed by atoms with Crippen molar-refractivity contribution in [2.75, 3.05) is 13.2 Å². The molecular formula is C15H24O4. The minimum atomic E-state index is -0.902. The molecule has 0 unspecified atom stereocenters. The molecule has 0 bridgehead atoms. The van der Waals surface area contributed by atoms with Crippen LogP contribution in [-0.2, 0) is 19.1 Å². The summed E-state index contributed by atoms with van der Waals surface area (Å²) < 4.78 is 9.74. The van der Waals surface area contributed by atoms with E-state index in [0.717, 1.165) is 0 Å². The van der Waals surface area contributed by atoms with Crippen LogP contribution in [-0.4, -0.2) is 25.2 Å². The molecule has 0 rings (SSSR count). The van der Waals surface area contributed by atoms with Crippen LogP contribution < -0.4 is 0 Å². The van der Waals surface area contributed by atoms with Gasteiger partial charge in [0.05, 0.1) is 13.2 Å². The Balaban J connectivity index is 4.73. The molecule has 0 aliphatic carbocycles. The van der Waals surface area contributed by atoms with E-state index in [1.807, 2.05) is 26.8 Å². The quantitative estimate of drug-likeness (QED) is 0.422. The molecule has 0 aliphatic rings. The Hall–Kier alpha value is -1.54. The summed E-state index contributed by atoms with van der Waals surface area (Å²) >= 11 is 0. The van der Waals surface area contributed by atoms with Crippen LogP contribution in [0.25, 0.3) is 0 Å². The van der Waals surface area contributed by atoms with Crippen molar-refractivity contribution in [1.29, 1.82) is 0 Å². The molecule has 4 nitrogen and oxygen atoms in total. The molecule has 0 fully saturated rings. The van der Waals surface area contributed by atoms with Crippen molar-refractivity contribution in [2.24, 2.45) is 11.3 Å². The summed E-state index contributed by atoms with van der Waals surface area (Å²) in [5.41, 5.74) is 3.00. The lowest BCUT2D eigenvalue weighted by atomic mass is 9.97. The van der Waals surface area contributed by atoms with Gasteiger partial charge in [-0.3, -0.25) is 9.59 Å². The average molecular weight is 268 g/mol. The molecule has 0 N–H and O–H groups in total. The fourth-order valence-electron chi connectivity index (χ4n) is 1.27. The topological polar surface area (TPSA) is 52.6 Å². The number of esters is 2. The van der Waals surface area contributed by atoms with Crippen LogP contribution in [0.5, 0.6) is 0 Å². The lowest BCUT2D eigenvalue weighted by molar-refractivity contribution is -0.161. The third kappa shape index (κ3) is 8.22. The van der Waals surface area contributed by atoms with Crippen LogP contribution in [0.1, 0.15) is 41.0 Å². The zero-order valence-corrected chi connectivity index (χ0v) is 12.5. The van der Waals surface area contributed by atoms with E-state index >= 15 is 0 Å². The van der Waals surface area contributed by atoms with Crippen molar-refractivity contribution < 1.29 is 19.1 Å². The van der Waals surface area contributed by atoms with Gasteiger partial charge in [-0.25, -0.2) is 0 Å². The van der Waals surface area contributed by atoms with Gasteiger partial charge in [0.2, 0.25) is 0 Å². The SMILES string of the molecule is CCOC(=O)C(CC=C=CC(C)(C)C)C(=O)OCC. The number of allylic oxidation sites excluding steroid dienone is 1. The van der Waals surface area contributed by atoms with Crippen LogP contribution in [0.2, 0.25) is 0 Å². The lowest BCUT2D eigenvalue weighted by Gasteiger charge is -2.12. The number of hydrogen-bond donors (Lipinski definition) is 0. The molecule has 0 saturated carbocycles. The highest BCUT2D eigenvalue weighted by Gasteiger charge is 2.28. The molecule has 0 amide bonds. The molecular weight excluding hydrogens is 244 g/mol. The van der Waals surface area contributed by atoms with Gasteiger partial charge in [0.1, 0.15) is 0 Å². The summed E-state index contributed by atoms with van der Waals surface area (Å²) in [6, 6.07) is 0. The summed E-state index contributed by atoms with van der Waals surface area (Å²) in [6.07, 6.45) is 3.80. The third-order valence-electron chi connectivity index (χ3n) is 2.13. The summed E-state index contributed by atoms with van der Waals surface area (Å²) in [6.45, 7) is 10.0. The molecule has 19 heavy (non-hydrogen) atoms. The molecule has 0 aliphatic heterocycles. The first kappa shape index (κ1) is 17.5. The minimum absolute atomic E-state index is 0.0137. The maximum Gasteiger partial charge on any atom is 0.320 e. The van der Waals surface area contributed by atoms with Crippen molar-refractivity contribution in [1.82, 2.24) is 0 Å². The summed E-state index contributed by atoms with van der Waals surface area (Å²) in [7, 11) is 0. The van der Waals surface area contributed by atoms with Gasteiger partial charge < -0.3 is 9.47 Å². The van der Waals surface area contributed by atoms with Gasteiger partial charge >= 0.3 is 11.9 Å².